The molecule has 25 heavy (non-hydrogen) atoms. The van der Waals surface area contributed by atoms with Crippen LogP contribution in [-0.2, 0) is 16.1 Å². The van der Waals surface area contributed by atoms with Crippen molar-refractivity contribution in [2.24, 2.45) is 0 Å². The first kappa shape index (κ1) is 17.8. The third-order valence-corrected chi connectivity index (χ3v) is 5.28. The first-order chi connectivity index (χ1) is 12.1. The van der Waals surface area contributed by atoms with E-state index in [0.717, 1.165) is 10.0 Å². The molecule has 7 heteroatoms. The average Bonchev–Trinajstić information content (AvgIpc) is 3.12. The van der Waals surface area contributed by atoms with Crippen molar-refractivity contribution >= 4 is 45.4 Å². The summed E-state index contributed by atoms with van der Waals surface area (Å²) in [6.07, 6.45) is -0.468. The van der Waals surface area contributed by atoms with Crippen LogP contribution in [0.3, 0.4) is 0 Å². The predicted molar refractivity (Wildman–Crippen MR) is 102 cm³/mol. The Morgan fingerprint density at radius 2 is 1.88 bits per heavy atom. The second-order valence-corrected chi connectivity index (χ2v) is 7.44. The predicted octanol–water partition coefficient (Wildman–Crippen LogP) is 4.10. The lowest BCUT2D eigenvalue weighted by molar-refractivity contribution is -0.119. The van der Waals surface area contributed by atoms with Crippen molar-refractivity contribution in [3.8, 4) is 0 Å². The Morgan fingerprint density at radius 1 is 1.16 bits per heavy atom. The van der Waals surface area contributed by atoms with Crippen molar-refractivity contribution in [3.63, 3.8) is 0 Å². The van der Waals surface area contributed by atoms with E-state index in [1.165, 1.54) is 16.7 Å². The average molecular weight is 421 g/mol. The molecular formula is C18H17BrN2O3S. The van der Waals surface area contributed by atoms with Crippen molar-refractivity contribution in [1.82, 2.24) is 4.90 Å². The van der Waals surface area contributed by atoms with Gasteiger partial charge in [-0.05, 0) is 29.8 Å². The maximum Gasteiger partial charge on any atom is 0.411 e. The Kier molecular flexibility index (Phi) is 5.99. The van der Waals surface area contributed by atoms with Crippen LogP contribution >= 0.6 is 27.7 Å². The molecule has 1 heterocycles. The summed E-state index contributed by atoms with van der Waals surface area (Å²) in [6, 6.07) is 16.3. The molecule has 1 atom stereocenters. The SMILES string of the molecule is O=C(Nc1ccc(Br)cc1)[C@H]1CSCN1C(=O)OCc1ccccc1. The Labute approximate surface area is 158 Å². The van der Waals surface area contributed by atoms with Crippen molar-refractivity contribution < 1.29 is 14.3 Å². The largest absolute Gasteiger partial charge is 0.445 e. The van der Waals surface area contributed by atoms with Gasteiger partial charge in [-0.25, -0.2) is 4.79 Å². The van der Waals surface area contributed by atoms with Crippen LogP contribution in [-0.4, -0.2) is 34.6 Å². The van der Waals surface area contributed by atoms with Gasteiger partial charge >= 0.3 is 6.09 Å². The molecule has 0 unspecified atom stereocenters. The summed E-state index contributed by atoms with van der Waals surface area (Å²) in [5.41, 5.74) is 1.61. The second-order valence-electron chi connectivity index (χ2n) is 5.52. The van der Waals surface area contributed by atoms with Gasteiger partial charge in [0.25, 0.3) is 0 Å². The fraction of sp³-hybridized carbons (Fsp3) is 0.222. The van der Waals surface area contributed by atoms with E-state index in [1.807, 2.05) is 54.6 Å². The van der Waals surface area contributed by atoms with Crippen LogP contribution in [0.25, 0.3) is 0 Å². The van der Waals surface area contributed by atoms with Crippen LogP contribution in [0.5, 0.6) is 0 Å². The number of rotatable bonds is 4. The molecule has 1 aliphatic rings. The molecule has 0 aromatic heterocycles. The normalized spacial score (nSPS) is 16.5. The molecule has 2 amide bonds. The first-order valence-electron chi connectivity index (χ1n) is 7.75. The van der Waals surface area contributed by atoms with E-state index in [2.05, 4.69) is 21.2 Å². The van der Waals surface area contributed by atoms with Crippen LogP contribution < -0.4 is 5.32 Å². The number of hydrogen-bond acceptors (Lipinski definition) is 4. The summed E-state index contributed by atoms with van der Waals surface area (Å²) in [6.45, 7) is 0.196. The highest BCUT2D eigenvalue weighted by molar-refractivity contribution is 9.10. The summed E-state index contributed by atoms with van der Waals surface area (Å²) >= 11 is 4.90. The van der Waals surface area contributed by atoms with Gasteiger partial charge in [-0.2, -0.15) is 0 Å². The number of nitrogens with one attached hydrogen (secondary N) is 1. The molecule has 1 fully saturated rings. The Hall–Kier alpha value is -1.99. The standard InChI is InChI=1S/C18H17BrN2O3S/c19-14-6-8-15(9-7-14)20-17(22)16-11-25-12-21(16)18(23)24-10-13-4-2-1-3-5-13/h1-9,16H,10-12H2,(H,20,22)/t16-/m1/s1. The summed E-state index contributed by atoms with van der Waals surface area (Å²) < 4.78 is 6.28. The van der Waals surface area contributed by atoms with Crippen LogP contribution in [0.4, 0.5) is 10.5 Å². The molecule has 3 rings (SSSR count). The summed E-state index contributed by atoms with van der Waals surface area (Å²) in [4.78, 5) is 26.3. The molecule has 1 saturated heterocycles. The molecule has 130 valence electrons. The lowest BCUT2D eigenvalue weighted by atomic mass is 10.2. The van der Waals surface area contributed by atoms with E-state index in [-0.39, 0.29) is 12.5 Å². The molecule has 1 N–H and O–H groups in total. The van der Waals surface area contributed by atoms with E-state index >= 15 is 0 Å². The van der Waals surface area contributed by atoms with Gasteiger partial charge < -0.3 is 10.1 Å². The topological polar surface area (TPSA) is 58.6 Å². The minimum Gasteiger partial charge on any atom is -0.445 e. The lowest BCUT2D eigenvalue weighted by Crippen LogP contribution is -2.44. The smallest absolute Gasteiger partial charge is 0.411 e. The number of halogens is 1. The van der Waals surface area contributed by atoms with Crippen molar-refractivity contribution in [2.45, 2.75) is 12.6 Å². The molecule has 2 aromatic carbocycles. The molecule has 0 spiro atoms. The first-order valence-corrected chi connectivity index (χ1v) is 9.70. The van der Waals surface area contributed by atoms with Crippen LogP contribution in [0, 0.1) is 0 Å². The van der Waals surface area contributed by atoms with Gasteiger partial charge in [-0.3, -0.25) is 9.69 Å². The third-order valence-electron chi connectivity index (χ3n) is 3.74. The van der Waals surface area contributed by atoms with Gasteiger partial charge in [0.05, 0.1) is 5.88 Å². The van der Waals surface area contributed by atoms with E-state index in [0.29, 0.717) is 17.3 Å². The fourth-order valence-electron chi connectivity index (χ4n) is 2.40. The molecular weight excluding hydrogens is 404 g/mol. The van der Waals surface area contributed by atoms with Gasteiger partial charge in [0.2, 0.25) is 5.91 Å². The molecule has 2 aromatic rings. The number of anilines is 1. The number of carbonyl (C=O) groups excluding carboxylic acids is 2. The highest BCUT2D eigenvalue weighted by atomic mass is 79.9. The maximum atomic E-state index is 12.5. The fourth-order valence-corrected chi connectivity index (χ4v) is 3.81. The number of ether oxygens (including phenoxy) is 1. The van der Waals surface area contributed by atoms with E-state index in [9.17, 15) is 9.59 Å². The van der Waals surface area contributed by atoms with E-state index in [4.69, 9.17) is 4.74 Å². The number of thioether (sulfide) groups is 1. The van der Waals surface area contributed by atoms with Crippen molar-refractivity contribution in [1.29, 1.82) is 0 Å². The second kappa shape index (κ2) is 8.40. The van der Waals surface area contributed by atoms with Crippen molar-refractivity contribution in [2.75, 3.05) is 16.9 Å². The zero-order valence-electron chi connectivity index (χ0n) is 13.4. The number of hydrogen-bond donors (Lipinski definition) is 1. The van der Waals surface area contributed by atoms with Crippen LogP contribution in [0.2, 0.25) is 0 Å². The minimum atomic E-state index is -0.531. The molecule has 0 saturated carbocycles. The van der Waals surface area contributed by atoms with E-state index in [1.54, 1.807) is 0 Å². The molecule has 1 aliphatic heterocycles. The Balaban J connectivity index is 1.58. The van der Waals surface area contributed by atoms with Crippen molar-refractivity contribution in [3.05, 3.63) is 64.6 Å². The monoisotopic (exact) mass is 420 g/mol. The van der Waals surface area contributed by atoms with Gasteiger partial charge in [0, 0.05) is 15.9 Å². The highest BCUT2D eigenvalue weighted by Gasteiger charge is 2.35. The number of nitrogens with zero attached hydrogens (tertiary/aromatic N) is 1. The molecule has 0 radical (unpaired) electrons. The number of benzene rings is 2. The summed E-state index contributed by atoms with van der Waals surface area (Å²) in [7, 11) is 0. The zero-order valence-corrected chi connectivity index (χ0v) is 15.8. The van der Waals surface area contributed by atoms with Crippen LogP contribution in [0.1, 0.15) is 5.56 Å². The molecule has 0 aliphatic carbocycles. The molecule has 0 bridgehead atoms. The van der Waals surface area contributed by atoms with Crippen LogP contribution in [0.15, 0.2) is 59.1 Å². The zero-order chi connectivity index (χ0) is 17.6. The summed E-state index contributed by atoms with van der Waals surface area (Å²) in [5, 5.41) is 2.85. The highest BCUT2D eigenvalue weighted by Crippen LogP contribution is 2.24. The maximum absolute atomic E-state index is 12.5. The minimum absolute atomic E-state index is 0.196. The van der Waals surface area contributed by atoms with E-state index < -0.39 is 12.1 Å². The number of carbonyl (C=O) groups is 2. The third kappa shape index (κ3) is 4.76. The Morgan fingerprint density at radius 3 is 2.60 bits per heavy atom. The summed E-state index contributed by atoms with van der Waals surface area (Å²) in [5.74, 6) is 0.804. The molecule has 5 nitrogen and oxygen atoms in total. The number of amides is 2. The van der Waals surface area contributed by atoms with Gasteiger partial charge in [0.1, 0.15) is 12.6 Å². The van der Waals surface area contributed by atoms with Gasteiger partial charge in [0.15, 0.2) is 0 Å². The quantitative estimate of drug-likeness (QED) is 0.808. The van der Waals surface area contributed by atoms with Gasteiger partial charge in [-0.15, -0.1) is 11.8 Å². The lowest BCUT2D eigenvalue weighted by Gasteiger charge is -2.22. The van der Waals surface area contributed by atoms with Gasteiger partial charge in [-0.1, -0.05) is 46.3 Å². The Bertz CT molecular complexity index is 740.